The van der Waals surface area contributed by atoms with Crippen LogP contribution in [0.2, 0.25) is 0 Å². The predicted molar refractivity (Wildman–Crippen MR) is 95.4 cm³/mol. The molecule has 3 rings (SSSR count). The maximum absolute atomic E-state index is 12.2. The molecule has 1 fully saturated rings. The van der Waals surface area contributed by atoms with Crippen molar-refractivity contribution in [2.45, 2.75) is 31.7 Å². The van der Waals surface area contributed by atoms with Gasteiger partial charge in [0.15, 0.2) is 0 Å². The molecule has 1 aliphatic carbocycles. The molecule has 0 unspecified atom stereocenters. The fourth-order valence-electron chi connectivity index (χ4n) is 3.08. The van der Waals surface area contributed by atoms with E-state index in [2.05, 4.69) is 27.7 Å². The van der Waals surface area contributed by atoms with Crippen molar-refractivity contribution in [1.29, 1.82) is 0 Å². The van der Waals surface area contributed by atoms with Gasteiger partial charge in [-0.25, -0.2) is 4.79 Å². The third-order valence-corrected chi connectivity index (χ3v) is 4.35. The van der Waals surface area contributed by atoms with Crippen LogP contribution in [0.3, 0.4) is 0 Å². The third kappa shape index (κ3) is 3.83. The van der Waals surface area contributed by atoms with Gasteiger partial charge >= 0.3 is 6.03 Å². The van der Waals surface area contributed by atoms with Gasteiger partial charge in [-0.3, -0.25) is 0 Å². The van der Waals surface area contributed by atoms with Crippen LogP contribution in [0.15, 0.2) is 54.6 Å². The Morgan fingerprint density at radius 3 is 2.39 bits per heavy atom. The molecule has 4 heteroatoms. The summed E-state index contributed by atoms with van der Waals surface area (Å²) in [6.07, 6.45) is 4.58. The van der Waals surface area contributed by atoms with E-state index in [1.54, 1.807) is 0 Å². The first kappa shape index (κ1) is 15.4. The van der Waals surface area contributed by atoms with E-state index in [-0.39, 0.29) is 6.03 Å². The number of urea groups is 1. The lowest BCUT2D eigenvalue weighted by Gasteiger charge is -2.23. The van der Waals surface area contributed by atoms with Crippen molar-refractivity contribution in [2.75, 3.05) is 17.3 Å². The maximum atomic E-state index is 12.2. The lowest BCUT2D eigenvalue weighted by Crippen LogP contribution is -2.36. The lowest BCUT2D eigenvalue weighted by molar-refractivity contribution is 0.248. The minimum absolute atomic E-state index is 0.120. The number of anilines is 3. The van der Waals surface area contributed by atoms with Gasteiger partial charge in [0.2, 0.25) is 0 Å². The number of nitrogens with one attached hydrogen (secondary N) is 2. The van der Waals surface area contributed by atoms with Gasteiger partial charge in [-0.1, -0.05) is 43.2 Å². The quantitative estimate of drug-likeness (QED) is 0.872. The Morgan fingerprint density at radius 1 is 1.00 bits per heavy atom. The highest BCUT2D eigenvalue weighted by atomic mass is 16.2. The van der Waals surface area contributed by atoms with E-state index in [0.717, 1.165) is 29.9 Å². The van der Waals surface area contributed by atoms with Crippen molar-refractivity contribution in [3.8, 4) is 0 Å². The molecule has 0 aromatic heterocycles. The van der Waals surface area contributed by atoms with Gasteiger partial charge in [0.1, 0.15) is 0 Å². The molecule has 0 aliphatic heterocycles. The minimum Gasteiger partial charge on any atom is -0.343 e. The fraction of sp³-hybridized carbons (Fsp3) is 0.316. The van der Waals surface area contributed by atoms with Crippen LogP contribution in [0.4, 0.5) is 21.9 Å². The predicted octanol–water partition coefficient (Wildman–Crippen LogP) is 4.52. The van der Waals surface area contributed by atoms with Crippen LogP contribution in [-0.2, 0) is 0 Å². The van der Waals surface area contributed by atoms with Gasteiger partial charge in [0, 0.05) is 18.8 Å². The highest BCUT2D eigenvalue weighted by molar-refractivity contribution is 5.94. The fourth-order valence-corrected chi connectivity index (χ4v) is 3.08. The second-order valence-electron chi connectivity index (χ2n) is 5.99. The molecule has 0 radical (unpaired) electrons. The zero-order valence-corrected chi connectivity index (χ0v) is 13.5. The molecule has 2 N–H and O–H groups in total. The van der Waals surface area contributed by atoms with Crippen LogP contribution in [-0.4, -0.2) is 19.1 Å². The van der Waals surface area contributed by atoms with Crippen molar-refractivity contribution in [3.05, 3.63) is 54.6 Å². The first-order valence-electron chi connectivity index (χ1n) is 8.19. The summed E-state index contributed by atoms with van der Waals surface area (Å²) in [6, 6.07) is 18.2. The SMILES string of the molecule is CN(c1ccccc1)c1ccccc1NC(=O)NC1CCCC1. The molecule has 0 atom stereocenters. The summed E-state index contributed by atoms with van der Waals surface area (Å²) < 4.78 is 0. The van der Waals surface area contributed by atoms with E-state index >= 15 is 0 Å². The number of nitrogens with zero attached hydrogens (tertiary/aromatic N) is 1. The van der Waals surface area contributed by atoms with Crippen molar-refractivity contribution in [3.63, 3.8) is 0 Å². The van der Waals surface area contributed by atoms with Gasteiger partial charge in [0.05, 0.1) is 11.4 Å². The first-order valence-corrected chi connectivity index (χ1v) is 8.19. The summed E-state index contributed by atoms with van der Waals surface area (Å²) in [6.45, 7) is 0. The molecule has 0 saturated heterocycles. The molecular weight excluding hydrogens is 286 g/mol. The molecule has 23 heavy (non-hydrogen) atoms. The summed E-state index contributed by atoms with van der Waals surface area (Å²) in [7, 11) is 2.00. The molecule has 0 spiro atoms. The van der Waals surface area contributed by atoms with Crippen molar-refractivity contribution in [1.82, 2.24) is 5.32 Å². The molecule has 2 amide bonds. The highest BCUT2D eigenvalue weighted by Crippen LogP contribution is 2.30. The number of amides is 2. The maximum Gasteiger partial charge on any atom is 0.319 e. The van der Waals surface area contributed by atoms with Crippen LogP contribution < -0.4 is 15.5 Å². The van der Waals surface area contributed by atoms with Gasteiger partial charge in [-0.15, -0.1) is 0 Å². The minimum atomic E-state index is -0.120. The average molecular weight is 309 g/mol. The molecule has 120 valence electrons. The number of carbonyl (C=O) groups is 1. The second kappa shape index (κ2) is 7.18. The Labute approximate surface area is 137 Å². The molecule has 0 heterocycles. The van der Waals surface area contributed by atoms with E-state index in [9.17, 15) is 4.79 Å². The molecular formula is C19H23N3O. The number of benzene rings is 2. The van der Waals surface area contributed by atoms with Crippen molar-refractivity contribution < 1.29 is 4.79 Å². The lowest BCUT2D eigenvalue weighted by atomic mass is 10.2. The van der Waals surface area contributed by atoms with Crippen molar-refractivity contribution >= 4 is 23.1 Å². The standard InChI is InChI=1S/C19H23N3O/c1-22(16-11-3-2-4-12-16)18-14-8-7-13-17(18)21-19(23)20-15-9-5-6-10-15/h2-4,7-8,11-15H,5-6,9-10H2,1H3,(H2,20,21,23). The number of hydrogen-bond acceptors (Lipinski definition) is 2. The Kier molecular flexibility index (Phi) is 4.81. The summed E-state index contributed by atoms with van der Waals surface area (Å²) in [5.74, 6) is 0. The van der Waals surface area contributed by atoms with E-state index in [4.69, 9.17) is 0 Å². The van der Waals surface area contributed by atoms with E-state index < -0.39 is 0 Å². The Morgan fingerprint density at radius 2 is 1.65 bits per heavy atom. The number of para-hydroxylation sites is 3. The van der Waals surface area contributed by atoms with Crippen molar-refractivity contribution in [2.24, 2.45) is 0 Å². The molecule has 0 bridgehead atoms. The van der Waals surface area contributed by atoms with E-state index in [1.807, 2.05) is 49.5 Å². The van der Waals surface area contributed by atoms with Crippen LogP contribution in [0.1, 0.15) is 25.7 Å². The topological polar surface area (TPSA) is 44.4 Å². The Hall–Kier alpha value is -2.49. The highest BCUT2D eigenvalue weighted by Gasteiger charge is 2.18. The molecule has 1 aliphatic rings. The summed E-state index contributed by atoms with van der Waals surface area (Å²) >= 11 is 0. The summed E-state index contributed by atoms with van der Waals surface area (Å²) in [5, 5.41) is 6.06. The van der Waals surface area contributed by atoms with Gasteiger partial charge < -0.3 is 15.5 Å². The van der Waals surface area contributed by atoms with E-state index in [1.165, 1.54) is 12.8 Å². The molecule has 2 aromatic carbocycles. The Balaban J connectivity index is 1.73. The number of rotatable bonds is 4. The molecule has 4 nitrogen and oxygen atoms in total. The van der Waals surface area contributed by atoms with Crippen LogP contribution in [0, 0.1) is 0 Å². The molecule has 2 aromatic rings. The first-order chi connectivity index (χ1) is 11.2. The van der Waals surface area contributed by atoms with Crippen LogP contribution >= 0.6 is 0 Å². The summed E-state index contributed by atoms with van der Waals surface area (Å²) in [4.78, 5) is 14.3. The smallest absolute Gasteiger partial charge is 0.319 e. The van der Waals surface area contributed by atoms with Gasteiger partial charge in [0.25, 0.3) is 0 Å². The second-order valence-corrected chi connectivity index (χ2v) is 5.99. The van der Waals surface area contributed by atoms with Gasteiger partial charge in [-0.2, -0.15) is 0 Å². The summed E-state index contributed by atoms with van der Waals surface area (Å²) in [5.41, 5.74) is 2.87. The van der Waals surface area contributed by atoms with Crippen LogP contribution in [0.25, 0.3) is 0 Å². The number of carbonyl (C=O) groups excluding carboxylic acids is 1. The zero-order valence-electron chi connectivity index (χ0n) is 13.5. The monoisotopic (exact) mass is 309 g/mol. The number of hydrogen-bond donors (Lipinski definition) is 2. The van der Waals surface area contributed by atoms with Gasteiger partial charge in [-0.05, 0) is 37.1 Å². The van der Waals surface area contributed by atoms with E-state index in [0.29, 0.717) is 6.04 Å². The zero-order chi connectivity index (χ0) is 16.1. The average Bonchev–Trinajstić information content (AvgIpc) is 3.08. The molecule has 1 saturated carbocycles. The van der Waals surface area contributed by atoms with Crippen LogP contribution in [0.5, 0.6) is 0 Å². The Bertz CT molecular complexity index is 651. The third-order valence-electron chi connectivity index (χ3n) is 4.35. The largest absolute Gasteiger partial charge is 0.343 e. The normalized spacial score (nSPS) is 14.5.